The number of likely N-dealkylation sites (tertiary alicyclic amines) is 1. The molecular formula is C14H27N3O2. The molecule has 2 aliphatic rings. The molecule has 0 spiro atoms. The molecule has 0 aliphatic carbocycles. The van der Waals surface area contributed by atoms with Gasteiger partial charge in [-0.1, -0.05) is 13.3 Å². The van der Waals surface area contributed by atoms with Crippen LogP contribution in [0.25, 0.3) is 0 Å². The monoisotopic (exact) mass is 269 g/mol. The van der Waals surface area contributed by atoms with Crippen molar-refractivity contribution in [1.29, 1.82) is 0 Å². The third-order valence-electron chi connectivity index (χ3n) is 3.88. The van der Waals surface area contributed by atoms with Crippen LogP contribution in [0.4, 0.5) is 0 Å². The summed E-state index contributed by atoms with van der Waals surface area (Å²) >= 11 is 0. The fraction of sp³-hybridized carbons (Fsp3) is 0.929. The number of rotatable bonds is 5. The largest absolute Gasteiger partial charge is 0.378 e. The van der Waals surface area contributed by atoms with Gasteiger partial charge in [0, 0.05) is 19.6 Å². The van der Waals surface area contributed by atoms with Gasteiger partial charge in [-0.25, -0.2) is 0 Å². The summed E-state index contributed by atoms with van der Waals surface area (Å²) in [5.74, 6) is 0.580. The molecule has 2 aliphatic heterocycles. The van der Waals surface area contributed by atoms with Crippen LogP contribution in [0, 0.1) is 5.92 Å². The van der Waals surface area contributed by atoms with E-state index in [-0.39, 0.29) is 11.9 Å². The van der Waals surface area contributed by atoms with E-state index in [0.717, 1.165) is 19.6 Å². The van der Waals surface area contributed by atoms with Gasteiger partial charge in [0.1, 0.15) is 6.04 Å². The minimum Gasteiger partial charge on any atom is -0.378 e. The predicted molar refractivity (Wildman–Crippen MR) is 75.1 cm³/mol. The molecule has 0 saturated carbocycles. The molecule has 2 atom stereocenters. The van der Waals surface area contributed by atoms with Gasteiger partial charge in [-0.15, -0.1) is 0 Å². The van der Waals surface area contributed by atoms with E-state index in [1.807, 2.05) is 0 Å². The molecule has 19 heavy (non-hydrogen) atoms. The van der Waals surface area contributed by atoms with Gasteiger partial charge in [-0.3, -0.25) is 4.79 Å². The van der Waals surface area contributed by atoms with E-state index in [0.29, 0.717) is 19.1 Å². The molecule has 0 bridgehead atoms. The lowest BCUT2D eigenvalue weighted by Crippen LogP contribution is -2.52. The molecule has 5 heteroatoms. The smallest absolute Gasteiger partial charge is 0.239 e. The number of carbonyl (C=O) groups is 1. The van der Waals surface area contributed by atoms with Crippen LogP contribution in [0.3, 0.4) is 0 Å². The van der Waals surface area contributed by atoms with Crippen molar-refractivity contribution >= 4 is 5.91 Å². The van der Waals surface area contributed by atoms with Gasteiger partial charge in [0.15, 0.2) is 0 Å². The van der Waals surface area contributed by atoms with E-state index in [4.69, 9.17) is 4.74 Å². The van der Waals surface area contributed by atoms with E-state index in [9.17, 15) is 4.79 Å². The Morgan fingerprint density at radius 3 is 2.89 bits per heavy atom. The van der Waals surface area contributed by atoms with E-state index >= 15 is 0 Å². The topological polar surface area (TPSA) is 53.6 Å². The molecule has 2 saturated heterocycles. The van der Waals surface area contributed by atoms with Crippen LogP contribution in [0.5, 0.6) is 0 Å². The van der Waals surface area contributed by atoms with E-state index in [1.165, 1.54) is 32.4 Å². The van der Waals surface area contributed by atoms with Crippen molar-refractivity contribution in [3.8, 4) is 0 Å². The van der Waals surface area contributed by atoms with Crippen LogP contribution >= 0.6 is 0 Å². The Hall–Kier alpha value is -0.650. The summed E-state index contributed by atoms with van der Waals surface area (Å²) in [5.41, 5.74) is 0. The van der Waals surface area contributed by atoms with Gasteiger partial charge < -0.3 is 20.3 Å². The Morgan fingerprint density at radius 2 is 2.21 bits per heavy atom. The van der Waals surface area contributed by atoms with Crippen molar-refractivity contribution in [2.45, 2.75) is 32.2 Å². The Labute approximate surface area is 116 Å². The highest BCUT2D eigenvalue weighted by atomic mass is 16.5. The number of hydrogen-bond donors (Lipinski definition) is 2. The Kier molecular flexibility index (Phi) is 6.07. The van der Waals surface area contributed by atoms with Crippen LogP contribution in [0.15, 0.2) is 0 Å². The summed E-state index contributed by atoms with van der Waals surface area (Å²) in [7, 11) is 0. The van der Waals surface area contributed by atoms with Crippen molar-refractivity contribution in [3.05, 3.63) is 0 Å². The zero-order valence-electron chi connectivity index (χ0n) is 12.0. The summed E-state index contributed by atoms with van der Waals surface area (Å²) in [4.78, 5) is 14.4. The SMILES string of the molecule is CC(CNC(=O)C1COCCN1)CN1CCCCC1. The van der Waals surface area contributed by atoms with Gasteiger partial charge in [0.05, 0.1) is 13.2 Å². The van der Waals surface area contributed by atoms with Crippen LogP contribution in [0.2, 0.25) is 0 Å². The highest BCUT2D eigenvalue weighted by molar-refractivity contribution is 5.81. The summed E-state index contributed by atoms with van der Waals surface area (Å²) in [5, 5.41) is 6.21. The molecule has 0 aromatic heterocycles. The molecule has 0 radical (unpaired) electrons. The van der Waals surface area contributed by atoms with E-state index in [2.05, 4.69) is 22.5 Å². The number of nitrogens with one attached hydrogen (secondary N) is 2. The number of morpholine rings is 1. The second-order valence-electron chi connectivity index (χ2n) is 5.79. The van der Waals surface area contributed by atoms with Crippen molar-refractivity contribution < 1.29 is 9.53 Å². The van der Waals surface area contributed by atoms with Gasteiger partial charge in [-0.2, -0.15) is 0 Å². The number of piperidine rings is 1. The van der Waals surface area contributed by atoms with E-state index < -0.39 is 0 Å². The van der Waals surface area contributed by atoms with Gasteiger partial charge >= 0.3 is 0 Å². The minimum atomic E-state index is -0.170. The van der Waals surface area contributed by atoms with Crippen molar-refractivity contribution in [2.75, 3.05) is 45.9 Å². The third-order valence-corrected chi connectivity index (χ3v) is 3.88. The maximum atomic E-state index is 11.9. The number of amides is 1. The molecule has 2 rings (SSSR count). The van der Waals surface area contributed by atoms with Crippen LogP contribution in [0.1, 0.15) is 26.2 Å². The predicted octanol–water partition coefficient (Wildman–Crippen LogP) is 0.213. The number of carbonyl (C=O) groups excluding carboxylic acids is 1. The molecule has 2 fully saturated rings. The summed E-state index contributed by atoms with van der Waals surface area (Å²) in [6, 6.07) is -0.170. The second kappa shape index (κ2) is 7.82. The maximum Gasteiger partial charge on any atom is 0.239 e. The zero-order valence-corrected chi connectivity index (χ0v) is 12.0. The Balaban J connectivity index is 1.61. The van der Waals surface area contributed by atoms with Crippen molar-refractivity contribution in [3.63, 3.8) is 0 Å². The summed E-state index contributed by atoms with van der Waals surface area (Å²) in [6.45, 7) is 8.46. The zero-order chi connectivity index (χ0) is 13.5. The fourth-order valence-corrected chi connectivity index (χ4v) is 2.78. The first kappa shape index (κ1) is 14.8. The van der Waals surface area contributed by atoms with Crippen molar-refractivity contribution in [1.82, 2.24) is 15.5 Å². The molecule has 110 valence electrons. The average molecular weight is 269 g/mol. The number of nitrogens with zero attached hydrogens (tertiary/aromatic N) is 1. The molecular weight excluding hydrogens is 242 g/mol. The lowest BCUT2D eigenvalue weighted by Gasteiger charge is -2.29. The molecule has 1 amide bonds. The highest BCUT2D eigenvalue weighted by Gasteiger charge is 2.21. The normalized spacial score (nSPS) is 26.9. The Bertz CT molecular complexity index is 274. The Morgan fingerprint density at radius 1 is 1.42 bits per heavy atom. The quantitative estimate of drug-likeness (QED) is 0.749. The standard InChI is InChI=1S/C14H27N3O2/c1-12(10-17-6-3-2-4-7-17)9-16-14(18)13-11-19-8-5-15-13/h12-13,15H,2-11H2,1H3,(H,16,18). The molecule has 0 aromatic carbocycles. The van der Waals surface area contributed by atoms with Gasteiger partial charge in [0.2, 0.25) is 5.91 Å². The molecule has 0 aromatic rings. The fourth-order valence-electron chi connectivity index (χ4n) is 2.78. The summed E-state index contributed by atoms with van der Waals surface area (Å²) < 4.78 is 5.30. The molecule has 5 nitrogen and oxygen atoms in total. The first-order valence-electron chi connectivity index (χ1n) is 7.57. The lowest BCUT2D eigenvalue weighted by atomic mass is 10.1. The number of ether oxygens (including phenoxy) is 1. The average Bonchev–Trinajstić information content (AvgIpc) is 2.47. The lowest BCUT2D eigenvalue weighted by molar-refractivity contribution is -0.126. The number of hydrogen-bond acceptors (Lipinski definition) is 4. The molecule has 2 heterocycles. The second-order valence-corrected chi connectivity index (χ2v) is 5.79. The highest BCUT2D eigenvalue weighted by Crippen LogP contribution is 2.10. The van der Waals surface area contributed by atoms with Gasteiger partial charge in [-0.05, 0) is 31.8 Å². The van der Waals surface area contributed by atoms with Crippen LogP contribution < -0.4 is 10.6 Å². The molecule has 2 unspecified atom stereocenters. The van der Waals surface area contributed by atoms with E-state index in [1.54, 1.807) is 0 Å². The summed E-state index contributed by atoms with van der Waals surface area (Å²) in [6.07, 6.45) is 4.01. The maximum absolute atomic E-state index is 11.9. The van der Waals surface area contributed by atoms with Crippen molar-refractivity contribution in [2.24, 2.45) is 5.92 Å². The minimum absolute atomic E-state index is 0.0743. The molecule has 2 N–H and O–H groups in total. The first-order chi connectivity index (χ1) is 9.25. The third kappa shape index (κ3) is 5.09. The van der Waals surface area contributed by atoms with Gasteiger partial charge in [0.25, 0.3) is 0 Å². The van der Waals surface area contributed by atoms with Crippen LogP contribution in [-0.2, 0) is 9.53 Å². The first-order valence-corrected chi connectivity index (χ1v) is 7.57. The van der Waals surface area contributed by atoms with Crippen LogP contribution in [-0.4, -0.2) is 62.8 Å².